The second kappa shape index (κ2) is 8.82. The molecule has 150 valence electrons. The van der Waals surface area contributed by atoms with Crippen molar-refractivity contribution in [3.05, 3.63) is 77.6 Å². The number of carbonyl (C=O) groups is 1. The third kappa shape index (κ3) is 4.88. The van der Waals surface area contributed by atoms with Gasteiger partial charge in [-0.1, -0.05) is 72.4 Å². The molecule has 1 aromatic heterocycles. The lowest BCUT2D eigenvalue weighted by atomic mass is 10.2. The Morgan fingerprint density at radius 3 is 2.31 bits per heavy atom. The van der Waals surface area contributed by atoms with Crippen molar-refractivity contribution in [2.24, 2.45) is 0 Å². The van der Waals surface area contributed by atoms with Crippen LogP contribution in [0, 0.1) is 0 Å². The van der Waals surface area contributed by atoms with E-state index in [1.165, 1.54) is 30.2 Å². The zero-order chi connectivity index (χ0) is 20.2. The van der Waals surface area contributed by atoms with E-state index < -0.39 is 0 Å². The first-order valence-electron chi connectivity index (χ1n) is 10.0. The van der Waals surface area contributed by atoms with Crippen LogP contribution in [-0.2, 0) is 17.9 Å². The minimum absolute atomic E-state index is 0.0982. The van der Waals surface area contributed by atoms with Crippen molar-refractivity contribution in [1.29, 1.82) is 0 Å². The highest BCUT2D eigenvalue weighted by Crippen LogP contribution is 2.40. The number of hydrogen-bond acceptors (Lipinski definition) is 4. The summed E-state index contributed by atoms with van der Waals surface area (Å²) >= 11 is 1.50. The SMILES string of the molecule is C[C@H](Sc1nnc(C2CC2)n1Cc1ccccc1)C(=O)N(C)Cc1ccccc1. The summed E-state index contributed by atoms with van der Waals surface area (Å²) in [6.45, 7) is 3.30. The van der Waals surface area contributed by atoms with Crippen LogP contribution >= 0.6 is 11.8 Å². The molecule has 1 atom stereocenters. The second-order valence-electron chi connectivity index (χ2n) is 7.63. The van der Waals surface area contributed by atoms with Crippen molar-refractivity contribution in [2.75, 3.05) is 7.05 Å². The monoisotopic (exact) mass is 406 g/mol. The molecule has 0 saturated heterocycles. The third-order valence-corrected chi connectivity index (χ3v) is 6.21. The first-order valence-corrected chi connectivity index (χ1v) is 10.9. The molecule has 1 aliphatic carbocycles. The summed E-state index contributed by atoms with van der Waals surface area (Å²) in [7, 11) is 1.86. The van der Waals surface area contributed by atoms with Crippen LogP contribution in [0.5, 0.6) is 0 Å². The van der Waals surface area contributed by atoms with Crippen molar-refractivity contribution in [2.45, 2.75) is 49.2 Å². The van der Waals surface area contributed by atoms with Gasteiger partial charge in [-0.05, 0) is 30.9 Å². The van der Waals surface area contributed by atoms with Gasteiger partial charge in [0.1, 0.15) is 5.82 Å². The molecular weight excluding hydrogens is 380 g/mol. The Balaban J connectivity index is 1.47. The molecule has 6 heteroatoms. The normalized spacial score (nSPS) is 14.6. The Hall–Kier alpha value is -2.60. The van der Waals surface area contributed by atoms with Gasteiger partial charge >= 0.3 is 0 Å². The van der Waals surface area contributed by atoms with Gasteiger partial charge in [-0.3, -0.25) is 4.79 Å². The molecule has 3 aromatic rings. The molecule has 5 nitrogen and oxygen atoms in total. The number of aromatic nitrogens is 3. The summed E-state index contributed by atoms with van der Waals surface area (Å²) in [5, 5.41) is 9.51. The van der Waals surface area contributed by atoms with Gasteiger partial charge in [-0.25, -0.2) is 0 Å². The molecule has 4 rings (SSSR count). The van der Waals surface area contributed by atoms with Crippen LogP contribution in [0.25, 0.3) is 0 Å². The average molecular weight is 407 g/mol. The van der Waals surface area contributed by atoms with E-state index in [1.807, 2.05) is 62.5 Å². The molecule has 1 aliphatic rings. The lowest BCUT2D eigenvalue weighted by Gasteiger charge is -2.21. The minimum Gasteiger partial charge on any atom is -0.340 e. The van der Waals surface area contributed by atoms with Gasteiger partial charge in [0, 0.05) is 19.5 Å². The molecule has 1 saturated carbocycles. The lowest BCUT2D eigenvalue weighted by Crippen LogP contribution is -2.33. The number of rotatable bonds is 8. The fourth-order valence-electron chi connectivity index (χ4n) is 3.40. The molecule has 1 heterocycles. The van der Waals surface area contributed by atoms with E-state index in [4.69, 9.17) is 0 Å². The Labute approximate surface area is 176 Å². The zero-order valence-corrected chi connectivity index (χ0v) is 17.7. The van der Waals surface area contributed by atoms with Crippen LogP contribution in [0.2, 0.25) is 0 Å². The van der Waals surface area contributed by atoms with E-state index >= 15 is 0 Å². The summed E-state index contributed by atoms with van der Waals surface area (Å²) in [5.41, 5.74) is 2.35. The van der Waals surface area contributed by atoms with Crippen molar-refractivity contribution in [3.63, 3.8) is 0 Å². The van der Waals surface area contributed by atoms with Crippen molar-refractivity contribution < 1.29 is 4.79 Å². The van der Waals surface area contributed by atoms with Crippen molar-refractivity contribution in [3.8, 4) is 0 Å². The maximum atomic E-state index is 12.9. The molecule has 0 unspecified atom stereocenters. The summed E-state index contributed by atoms with van der Waals surface area (Å²) in [6.07, 6.45) is 2.35. The van der Waals surface area contributed by atoms with E-state index in [2.05, 4.69) is 26.9 Å². The summed E-state index contributed by atoms with van der Waals surface area (Å²) in [4.78, 5) is 14.7. The van der Waals surface area contributed by atoms with E-state index in [0.29, 0.717) is 12.5 Å². The first kappa shape index (κ1) is 19.7. The van der Waals surface area contributed by atoms with Gasteiger partial charge in [-0.2, -0.15) is 0 Å². The summed E-state index contributed by atoms with van der Waals surface area (Å²) < 4.78 is 2.19. The number of amides is 1. The summed E-state index contributed by atoms with van der Waals surface area (Å²) in [5.74, 6) is 1.65. The maximum Gasteiger partial charge on any atom is 0.235 e. The first-order chi connectivity index (χ1) is 14.1. The summed E-state index contributed by atoms with van der Waals surface area (Å²) in [6, 6.07) is 20.4. The minimum atomic E-state index is -0.227. The Morgan fingerprint density at radius 2 is 1.69 bits per heavy atom. The Morgan fingerprint density at radius 1 is 1.07 bits per heavy atom. The smallest absolute Gasteiger partial charge is 0.235 e. The number of hydrogen-bond donors (Lipinski definition) is 0. The van der Waals surface area contributed by atoms with Crippen LogP contribution in [0.1, 0.15) is 42.6 Å². The van der Waals surface area contributed by atoms with E-state index in [0.717, 1.165) is 23.1 Å². The lowest BCUT2D eigenvalue weighted by molar-refractivity contribution is -0.129. The molecule has 0 bridgehead atoms. The fourth-order valence-corrected chi connectivity index (χ4v) is 4.37. The number of carbonyl (C=O) groups excluding carboxylic acids is 1. The molecule has 29 heavy (non-hydrogen) atoms. The number of benzene rings is 2. The molecule has 0 N–H and O–H groups in total. The van der Waals surface area contributed by atoms with Gasteiger partial charge < -0.3 is 9.47 Å². The Kier molecular flexibility index (Phi) is 6.00. The molecule has 0 spiro atoms. The number of nitrogens with zero attached hydrogens (tertiary/aromatic N) is 4. The molecule has 2 aromatic carbocycles. The van der Waals surface area contributed by atoms with Crippen LogP contribution in [0.3, 0.4) is 0 Å². The van der Waals surface area contributed by atoms with Crippen molar-refractivity contribution >= 4 is 17.7 Å². The quantitative estimate of drug-likeness (QED) is 0.522. The largest absolute Gasteiger partial charge is 0.340 e. The fraction of sp³-hybridized carbons (Fsp3) is 0.348. The van der Waals surface area contributed by atoms with Gasteiger partial charge in [0.2, 0.25) is 5.91 Å². The molecular formula is C23H26N4OS. The van der Waals surface area contributed by atoms with Crippen LogP contribution in [0.15, 0.2) is 65.8 Å². The van der Waals surface area contributed by atoms with Crippen LogP contribution in [-0.4, -0.2) is 37.9 Å². The maximum absolute atomic E-state index is 12.9. The van der Waals surface area contributed by atoms with E-state index in [1.54, 1.807) is 4.90 Å². The topological polar surface area (TPSA) is 51.0 Å². The van der Waals surface area contributed by atoms with Gasteiger partial charge in [0.15, 0.2) is 5.16 Å². The predicted octanol–water partition coefficient (Wildman–Crippen LogP) is 4.34. The highest BCUT2D eigenvalue weighted by molar-refractivity contribution is 8.00. The molecule has 0 aliphatic heterocycles. The van der Waals surface area contributed by atoms with Crippen molar-refractivity contribution in [1.82, 2.24) is 19.7 Å². The highest BCUT2D eigenvalue weighted by atomic mass is 32.2. The highest BCUT2D eigenvalue weighted by Gasteiger charge is 2.31. The van der Waals surface area contributed by atoms with Gasteiger partial charge in [-0.15, -0.1) is 10.2 Å². The predicted molar refractivity (Wildman–Crippen MR) is 116 cm³/mol. The van der Waals surface area contributed by atoms with Crippen LogP contribution < -0.4 is 0 Å². The average Bonchev–Trinajstić information content (AvgIpc) is 3.52. The van der Waals surface area contributed by atoms with Gasteiger partial charge in [0.25, 0.3) is 0 Å². The third-order valence-electron chi connectivity index (χ3n) is 5.14. The Bertz CT molecular complexity index is 954. The number of thioether (sulfide) groups is 1. The molecule has 0 radical (unpaired) electrons. The molecule has 1 amide bonds. The second-order valence-corrected chi connectivity index (χ2v) is 8.93. The standard InChI is InChI=1S/C23H26N4OS/c1-17(22(28)26(2)15-18-9-5-3-6-10-18)29-23-25-24-21(20-13-14-20)27(23)16-19-11-7-4-8-12-19/h3-12,17,20H,13-16H2,1-2H3/t17-/m0/s1. The van der Waals surface area contributed by atoms with E-state index in [9.17, 15) is 4.79 Å². The van der Waals surface area contributed by atoms with E-state index in [-0.39, 0.29) is 11.2 Å². The molecule has 1 fully saturated rings. The van der Waals surface area contributed by atoms with Crippen LogP contribution in [0.4, 0.5) is 0 Å². The van der Waals surface area contributed by atoms with Gasteiger partial charge in [0.05, 0.1) is 11.8 Å². The zero-order valence-electron chi connectivity index (χ0n) is 16.9.